The van der Waals surface area contributed by atoms with Crippen molar-refractivity contribution in [1.82, 2.24) is 0 Å². The van der Waals surface area contributed by atoms with Gasteiger partial charge >= 0.3 is 0 Å². The van der Waals surface area contributed by atoms with Crippen LogP contribution in [0.1, 0.15) is 17.3 Å². The van der Waals surface area contributed by atoms with E-state index in [1.807, 2.05) is 6.92 Å². The number of Topliss-reactive ketones (excluding diaryl/α,β-unsaturated/α-hetero) is 2. The molecule has 0 N–H and O–H groups in total. The fraction of sp³-hybridized carbons (Fsp3) is 0.273. The minimum atomic E-state index is -0.681. The number of rotatable bonds is 1. The van der Waals surface area contributed by atoms with E-state index in [1.165, 1.54) is 6.07 Å². The molecule has 1 heterocycles. The summed E-state index contributed by atoms with van der Waals surface area (Å²) in [6.45, 7) is 2.45. The normalized spacial score (nSPS) is 15.3. The molecule has 2 rings (SSSR count). The van der Waals surface area contributed by atoms with E-state index >= 15 is 0 Å². The second-order valence-electron chi connectivity index (χ2n) is 3.55. The molecule has 0 aromatic heterocycles. The third kappa shape index (κ3) is 1.59. The smallest absolute Gasteiger partial charge is 0.232 e. The summed E-state index contributed by atoms with van der Waals surface area (Å²) in [4.78, 5) is 24.6. The lowest BCUT2D eigenvalue weighted by Gasteiger charge is -2.28. The Morgan fingerprint density at radius 1 is 1.44 bits per heavy atom. The van der Waals surface area contributed by atoms with Crippen LogP contribution >= 0.6 is 11.6 Å². The standard InChI is InChI=1S/C11H9ClFNO2/c1-2-14-5-10(15)11(16)6-3-8(13)7(12)4-9(6)14/h3-4H,2,5H2,1H3. The van der Waals surface area contributed by atoms with Gasteiger partial charge in [0.2, 0.25) is 11.6 Å². The highest BCUT2D eigenvalue weighted by Gasteiger charge is 2.30. The molecule has 1 aliphatic heterocycles. The van der Waals surface area contributed by atoms with Crippen LogP contribution in [0.3, 0.4) is 0 Å². The molecule has 0 atom stereocenters. The van der Waals surface area contributed by atoms with Crippen molar-refractivity contribution in [2.24, 2.45) is 0 Å². The summed E-state index contributed by atoms with van der Waals surface area (Å²) in [7, 11) is 0. The maximum Gasteiger partial charge on any atom is 0.232 e. The third-order valence-corrected chi connectivity index (χ3v) is 2.88. The molecule has 0 saturated carbocycles. The summed E-state index contributed by atoms with van der Waals surface area (Å²) in [6, 6.07) is 2.42. The number of nitrogens with zero attached hydrogens (tertiary/aromatic N) is 1. The lowest BCUT2D eigenvalue weighted by atomic mass is 9.99. The number of hydrogen-bond acceptors (Lipinski definition) is 3. The van der Waals surface area contributed by atoms with Crippen molar-refractivity contribution >= 4 is 28.9 Å². The highest BCUT2D eigenvalue weighted by atomic mass is 35.5. The lowest BCUT2D eigenvalue weighted by Crippen LogP contribution is -2.39. The van der Waals surface area contributed by atoms with Gasteiger partial charge in [-0.1, -0.05) is 11.6 Å². The number of ketones is 2. The predicted molar refractivity (Wildman–Crippen MR) is 58.6 cm³/mol. The maximum atomic E-state index is 13.2. The highest BCUT2D eigenvalue weighted by Crippen LogP contribution is 2.30. The Balaban J connectivity index is 2.63. The Morgan fingerprint density at radius 2 is 2.12 bits per heavy atom. The van der Waals surface area contributed by atoms with Crippen molar-refractivity contribution in [3.63, 3.8) is 0 Å². The van der Waals surface area contributed by atoms with Crippen LogP contribution in [0.15, 0.2) is 12.1 Å². The molecule has 3 nitrogen and oxygen atoms in total. The number of halogens is 2. The van der Waals surface area contributed by atoms with E-state index in [0.717, 1.165) is 6.07 Å². The lowest BCUT2D eigenvalue weighted by molar-refractivity contribution is -0.114. The van der Waals surface area contributed by atoms with Gasteiger partial charge in [-0.3, -0.25) is 9.59 Å². The van der Waals surface area contributed by atoms with E-state index in [4.69, 9.17) is 11.6 Å². The van der Waals surface area contributed by atoms with Crippen LogP contribution in [0.4, 0.5) is 10.1 Å². The molecule has 5 heteroatoms. The third-order valence-electron chi connectivity index (χ3n) is 2.59. The summed E-state index contributed by atoms with van der Waals surface area (Å²) in [5.74, 6) is -1.84. The molecule has 0 saturated heterocycles. The van der Waals surface area contributed by atoms with Gasteiger partial charge in [-0.05, 0) is 19.1 Å². The average Bonchev–Trinajstić information content (AvgIpc) is 2.26. The second kappa shape index (κ2) is 3.87. The van der Waals surface area contributed by atoms with Crippen LogP contribution in [0.25, 0.3) is 0 Å². The number of hydrogen-bond donors (Lipinski definition) is 0. The topological polar surface area (TPSA) is 37.4 Å². The van der Waals surface area contributed by atoms with E-state index in [2.05, 4.69) is 0 Å². The summed E-state index contributed by atoms with van der Waals surface area (Å²) in [5.41, 5.74) is 0.624. The molecule has 0 fully saturated rings. The van der Waals surface area contributed by atoms with Crippen LogP contribution in [-0.2, 0) is 4.79 Å². The molecule has 0 radical (unpaired) electrons. The summed E-state index contributed by atoms with van der Waals surface area (Å²) >= 11 is 5.65. The number of carbonyl (C=O) groups is 2. The van der Waals surface area contributed by atoms with Crippen LogP contribution in [0.2, 0.25) is 5.02 Å². The van der Waals surface area contributed by atoms with Crippen molar-refractivity contribution in [2.45, 2.75) is 6.92 Å². The van der Waals surface area contributed by atoms with Crippen LogP contribution < -0.4 is 4.90 Å². The number of anilines is 1. The van der Waals surface area contributed by atoms with Crippen molar-refractivity contribution in [3.8, 4) is 0 Å². The minimum absolute atomic E-state index is 0.0320. The summed E-state index contributed by atoms with van der Waals surface area (Å²) < 4.78 is 13.2. The molecule has 1 aliphatic rings. The zero-order chi connectivity index (χ0) is 11.9. The first-order valence-corrected chi connectivity index (χ1v) is 5.24. The quantitative estimate of drug-likeness (QED) is 0.707. The van der Waals surface area contributed by atoms with Gasteiger partial charge in [-0.25, -0.2) is 4.39 Å². The first-order valence-electron chi connectivity index (χ1n) is 4.86. The first-order chi connectivity index (χ1) is 7.54. The van der Waals surface area contributed by atoms with Crippen LogP contribution in [-0.4, -0.2) is 24.7 Å². The van der Waals surface area contributed by atoms with Gasteiger partial charge < -0.3 is 4.90 Å². The fourth-order valence-corrected chi connectivity index (χ4v) is 1.90. The molecule has 0 amide bonds. The zero-order valence-electron chi connectivity index (χ0n) is 8.59. The Labute approximate surface area is 96.8 Å². The minimum Gasteiger partial charge on any atom is -0.363 e. The number of fused-ring (bicyclic) bond motifs is 1. The number of benzene rings is 1. The Hall–Kier alpha value is -1.42. The van der Waals surface area contributed by atoms with Gasteiger partial charge in [0.05, 0.1) is 22.8 Å². The van der Waals surface area contributed by atoms with E-state index in [-0.39, 0.29) is 17.1 Å². The van der Waals surface area contributed by atoms with E-state index < -0.39 is 17.4 Å². The molecule has 1 aromatic carbocycles. The SMILES string of the molecule is CCN1CC(=O)C(=O)c2cc(F)c(Cl)cc21. The summed E-state index contributed by atoms with van der Waals surface area (Å²) in [6.07, 6.45) is 0. The molecular weight excluding hydrogens is 233 g/mol. The van der Waals surface area contributed by atoms with E-state index in [1.54, 1.807) is 4.90 Å². The van der Waals surface area contributed by atoms with Crippen LogP contribution in [0, 0.1) is 5.82 Å². The molecule has 1 aromatic rings. The maximum absolute atomic E-state index is 13.2. The number of carbonyl (C=O) groups excluding carboxylic acids is 2. The predicted octanol–water partition coefficient (Wildman–Crippen LogP) is 2.07. The molecule has 0 spiro atoms. The Morgan fingerprint density at radius 3 is 2.75 bits per heavy atom. The van der Waals surface area contributed by atoms with Gasteiger partial charge in [-0.15, -0.1) is 0 Å². The Kier molecular flexibility index (Phi) is 2.68. The van der Waals surface area contributed by atoms with Crippen molar-refractivity contribution in [2.75, 3.05) is 18.0 Å². The van der Waals surface area contributed by atoms with Gasteiger partial charge in [0.1, 0.15) is 5.82 Å². The highest BCUT2D eigenvalue weighted by molar-refractivity contribution is 6.47. The molecule has 16 heavy (non-hydrogen) atoms. The van der Waals surface area contributed by atoms with E-state index in [0.29, 0.717) is 12.2 Å². The van der Waals surface area contributed by atoms with Gasteiger partial charge in [0.15, 0.2) is 0 Å². The van der Waals surface area contributed by atoms with E-state index in [9.17, 15) is 14.0 Å². The first kappa shape index (κ1) is 11.1. The zero-order valence-corrected chi connectivity index (χ0v) is 9.34. The number of likely N-dealkylation sites (N-methyl/N-ethyl adjacent to an activating group) is 1. The van der Waals surface area contributed by atoms with Crippen molar-refractivity contribution < 1.29 is 14.0 Å². The second-order valence-corrected chi connectivity index (χ2v) is 3.96. The van der Waals surface area contributed by atoms with Gasteiger partial charge in [0, 0.05) is 6.54 Å². The molecule has 84 valence electrons. The summed E-state index contributed by atoms with van der Waals surface area (Å²) in [5, 5.41) is -0.0423. The van der Waals surface area contributed by atoms with Crippen molar-refractivity contribution in [1.29, 1.82) is 0 Å². The van der Waals surface area contributed by atoms with Gasteiger partial charge in [-0.2, -0.15) is 0 Å². The molecular formula is C11H9ClFNO2. The molecule has 0 bridgehead atoms. The Bertz CT molecular complexity index is 487. The fourth-order valence-electron chi connectivity index (χ4n) is 1.74. The van der Waals surface area contributed by atoms with Crippen molar-refractivity contribution in [3.05, 3.63) is 28.5 Å². The molecule has 0 aliphatic carbocycles. The molecule has 0 unspecified atom stereocenters. The average molecular weight is 242 g/mol. The van der Waals surface area contributed by atoms with Crippen LogP contribution in [0.5, 0.6) is 0 Å². The monoisotopic (exact) mass is 241 g/mol. The largest absolute Gasteiger partial charge is 0.363 e. The van der Waals surface area contributed by atoms with Gasteiger partial charge in [0.25, 0.3) is 0 Å².